The lowest BCUT2D eigenvalue weighted by molar-refractivity contribution is 0.0942. The molecule has 1 amide bonds. The minimum Gasteiger partial charge on any atom is -0.461 e. The average Bonchev–Trinajstić information content (AvgIpc) is 3.21. The first-order valence-corrected chi connectivity index (χ1v) is 10.1. The van der Waals surface area contributed by atoms with Crippen molar-refractivity contribution >= 4 is 17.2 Å². The van der Waals surface area contributed by atoms with E-state index in [4.69, 9.17) is 8.94 Å². The number of hydrogen-bond donors (Lipinski definition) is 1. The van der Waals surface area contributed by atoms with Crippen LogP contribution in [0.2, 0.25) is 0 Å². The van der Waals surface area contributed by atoms with Crippen molar-refractivity contribution in [3.63, 3.8) is 0 Å². The third kappa shape index (κ3) is 3.42. The number of furan rings is 1. The maximum atomic E-state index is 12.8. The highest BCUT2D eigenvalue weighted by Gasteiger charge is 2.30. The number of nitrogens with one attached hydrogen (secondary N) is 1. The maximum absolute atomic E-state index is 12.8. The molecule has 0 spiro atoms. The molecule has 1 aliphatic rings. The Hall–Kier alpha value is -3.40. The first-order valence-electron chi connectivity index (χ1n) is 9.23. The van der Waals surface area contributed by atoms with E-state index in [1.54, 1.807) is 28.0 Å². The normalized spacial score (nSPS) is 13.7. The van der Waals surface area contributed by atoms with Gasteiger partial charge in [-0.25, -0.2) is 9.48 Å². The fourth-order valence-corrected chi connectivity index (χ4v) is 3.79. The van der Waals surface area contributed by atoms with Gasteiger partial charge < -0.3 is 14.3 Å². The van der Waals surface area contributed by atoms with Crippen LogP contribution in [0.5, 0.6) is 0 Å². The minimum atomic E-state index is -0.389. The standard InChI is InChI=1S/C19H17N5O4S/c25-18(13-11-15(28-22-13)14-3-1-9-27-14)20-7-8-23-19(26)24(12-5-6-12)17(21-23)16-4-2-10-29-16/h1-4,9-12H,5-8H2,(H,20,25). The summed E-state index contributed by atoms with van der Waals surface area (Å²) in [5.74, 6) is 1.17. The molecule has 5 rings (SSSR count). The Balaban J connectivity index is 1.27. The van der Waals surface area contributed by atoms with Gasteiger partial charge >= 0.3 is 5.69 Å². The molecule has 0 unspecified atom stereocenters. The molecule has 29 heavy (non-hydrogen) atoms. The molecular formula is C19H17N5O4S. The molecule has 4 aromatic heterocycles. The first-order chi connectivity index (χ1) is 14.2. The Morgan fingerprint density at radius 3 is 2.90 bits per heavy atom. The third-order valence-corrected chi connectivity index (χ3v) is 5.51. The van der Waals surface area contributed by atoms with E-state index in [0.717, 1.165) is 17.7 Å². The zero-order valence-corrected chi connectivity index (χ0v) is 16.1. The quantitative estimate of drug-likeness (QED) is 0.501. The van der Waals surface area contributed by atoms with Gasteiger partial charge in [0.25, 0.3) is 5.91 Å². The van der Waals surface area contributed by atoms with Crippen LogP contribution in [0.4, 0.5) is 0 Å². The van der Waals surface area contributed by atoms with Crippen LogP contribution >= 0.6 is 11.3 Å². The Bertz CT molecular complexity index is 1180. The predicted molar refractivity (Wildman–Crippen MR) is 105 cm³/mol. The molecule has 4 aromatic rings. The summed E-state index contributed by atoms with van der Waals surface area (Å²) < 4.78 is 13.5. The lowest BCUT2D eigenvalue weighted by Gasteiger charge is -2.02. The second-order valence-electron chi connectivity index (χ2n) is 6.72. The van der Waals surface area contributed by atoms with E-state index in [0.29, 0.717) is 17.3 Å². The molecule has 4 heterocycles. The summed E-state index contributed by atoms with van der Waals surface area (Å²) in [5.41, 5.74) is -0.00165. The van der Waals surface area contributed by atoms with E-state index >= 15 is 0 Å². The van der Waals surface area contributed by atoms with Crippen molar-refractivity contribution < 1.29 is 13.7 Å². The summed E-state index contributed by atoms with van der Waals surface area (Å²) in [4.78, 5) is 26.0. The van der Waals surface area contributed by atoms with Gasteiger partial charge in [0.05, 0.1) is 17.7 Å². The van der Waals surface area contributed by atoms with E-state index in [1.165, 1.54) is 17.0 Å². The Morgan fingerprint density at radius 1 is 1.28 bits per heavy atom. The highest BCUT2D eigenvalue weighted by Crippen LogP contribution is 2.37. The van der Waals surface area contributed by atoms with Gasteiger partial charge in [-0.05, 0) is 36.4 Å². The van der Waals surface area contributed by atoms with Crippen molar-refractivity contribution in [1.82, 2.24) is 24.8 Å². The van der Waals surface area contributed by atoms with E-state index in [-0.39, 0.29) is 36.4 Å². The predicted octanol–water partition coefficient (Wildman–Crippen LogP) is 2.79. The van der Waals surface area contributed by atoms with Gasteiger partial charge in [-0.2, -0.15) is 0 Å². The number of nitrogens with zero attached hydrogens (tertiary/aromatic N) is 4. The number of rotatable bonds is 7. The molecule has 0 atom stereocenters. The van der Waals surface area contributed by atoms with Gasteiger partial charge in [-0.15, -0.1) is 16.4 Å². The van der Waals surface area contributed by atoms with Crippen LogP contribution in [0.1, 0.15) is 29.4 Å². The maximum Gasteiger partial charge on any atom is 0.346 e. The van der Waals surface area contributed by atoms with Crippen molar-refractivity contribution in [3.8, 4) is 22.2 Å². The Kier molecular flexibility index (Phi) is 4.39. The number of aromatic nitrogens is 4. The smallest absolute Gasteiger partial charge is 0.346 e. The number of thiophene rings is 1. The molecular weight excluding hydrogens is 394 g/mol. The van der Waals surface area contributed by atoms with Crippen molar-refractivity contribution in [3.05, 3.63) is 58.2 Å². The molecule has 0 aliphatic heterocycles. The van der Waals surface area contributed by atoms with E-state index in [9.17, 15) is 9.59 Å². The minimum absolute atomic E-state index is 0.145. The van der Waals surface area contributed by atoms with E-state index < -0.39 is 0 Å². The Morgan fingerprint density at radius 2 is 2.17 bits per heavy atom. The van der Waals surface area contributed by atoms with Crippen molar-refractivity contribution in [2.45, 2.75) is 25.4 Å². The molecule has 1 saturated carbocycles. The summed E-state index contributed by atoms with van der Waals surface area (Å²) in [6.45, 7) is 0.513. The molecule has 148 valence electrons. The lowest BCUT2D eigenvalue weighted by atomic mass is 10.3. The molecule has 0 radical (unpaired) electrons. The van der Waals surface area contributed by atoms with E-state index in [1.807, 2.05) is 17.5 Å². The van der Waals surface area contributed by atoms with Gasteiger partial charge in [0.15, 0.2) is 17.3 Å². The highest BCUT2D eigenvalue weighted by atomic mass is 32.1. The summed E-state index contributed by atoms with van der Waals surface area (Å²) in [7, 11) is 0. The molecule has 9 nitrogen and oxygen atoms in total. The number of carbonyl (C=O) groups is 1. The summed E-state index contributed by atoms with van der Waals surface area (Å²) in [5, 5.41) is 13.0. The van der Waals surface area contributed by atoms with E-state index in [2.05, 4.69) is 15.6 Å². The second-order valence-corrected chi connectivity index (χ2v) is 7.67. The highest BCUT2D eigenvalue weighted by molar-refractivity contribution is 7.13. The number of hydrogen-bond acceptors (Lipinski definition) is 7. The third-order valence-electron chi connectivity index (χ3n) is 4.64. The summed E-state index contributed by atoms with van der Waals surface area (Å²) in [6, 6.07) is 9.07. The van der Waals surface area contributed by atoms with Crippen LogP contribution in [-0.2, 0) is 6.54 Å². The largest absolute Gasteiger partial charge is 0.461 e. The van der Waals surface area contributed by atoms with Crippen molar-refractivity contribution in [1.29, 1.82) is 0 Å². The fourth-order valence-electron chi connectivity index (χ4n) is 3.08. The lowest BCUT2D eigenvalue weighted by Crippen LogP contribution is -2.32. The number of carbonyl (C=O) groups excluding carboxylic acids is 1. The molecule has 0 bridgehead atoms. The monoisotopic (exact) mass is 411 g/mol. The van der Waals surface area contributed by atoms with Crippen LogP contribution in [0.15, 0.2) is 55.7 Å². The second kappa shape index (κ2) is 7.21. The summed E-state index contributed by atoms with van der Waals surface area (Å²) in [6.07, 6.45) is 3.50. The zero-order valence-electron chi connectivity index (χ0n) is 15.3. The van der Waals surface area contributed by atoms with Crippen molar-refractivity contribution in [2.75, 3.05) is 6.54 Å². The van der Waals surface area contributed by atoms with Crippen LogP contribution in [0, 0.1) is 0 Å². The van der Waals surface area contributed by atoms with Gasteiger partial charge in [-0.1, -0.05) is 11.2 Å². The topological polar surface area (TPSA) is 108 Å². The van der Waals surface area contributed by atoms with Gasteiger partial charge in [0.1, 0.15) is 0 Å². The molecule has 10 heteroatoms. The van der Waals surface area contributed by atoms with Gasteiger partial charge in [0.2, 0.25) is 5.76 Å². The SMILES string of the molecule is O=C(NCCn1nc(-c2cccs2)n(C2CC2)c1=O)c1cc(-c2ccco2)on1. The van der Waals surface area contributed by atoms with Crippen LogP contribution in [-0.4, -0.2) is 32.0 Å². The van der Waals surface area contributed by atoms with Crippen molar-refractivity contribution in [2.24, 2.45) is 0 Å². The van der Waals surface area contributed by atoms with Gasteiger partial charge in [-0.3, -0.25) is 9.36 Å². The van der Waals surface area contributed by atoms with Crippen LogP contribution in [0.3, 0.4) is 0 Å². The first kappa shape index (κ1) is 17.7. The summed E-state index contributed by atoms with van der Waals surface area (Å²) >= 11 is 1.55. The average molecular weight is 411 g/mol. The fraction of sp³-hybridized carbons (Fsp3) is 0.263. The molecule has 1 fully saturated rings. The van der Waals surface area contributed by atoms with Crippen LogP contribution in [0.25, 0.3) is 22.2 Å². The van der Waals surface area contributed by atoms with Crippen LogP contribution < -0.4 is 11.0 Å². The zero-order chi connectivity index (χ0) is 19.8. The Labute approximate surface area is 168 Å². The molecule has 1 N–H and O–H groups in total. The molecule has 0 aromatic carbocycles. The molecule has 1 aliphatic carbocycles. The number of amides is 1. The van der Waals surface area contributed by atoms with Gasteiger partial charge in [0, 0.05) is 18.7 Å². The molecule has 0 saturated heterocycles.